The number of hydrogen-bond acceptors (Lipinski definition) is 3. The van der Waals surface area contributed by atoms with Crippen molar-refractivity contribution in [1.82, 2.24) is 5.32 Å². The summed E-state index contributed by atoms with van der Waals surface area (Å²) < 4.78 is 5.41. The van der Waals surface area contributed by atoms with E-state index in [1.165, 1.54) is 11.3 Å². The first kappa shape index (κ1) is 18.6. The third-order valence-electron chi connectivity index (χ3n) is 4.23. The van der Waals surface area contributed by atoms with E-state index in [9.17, 15) is 4.79 Å². The predicted octanol–water partition coefficient (Wildman–Crippen LogP) is 4.80. The molecule has 0 aliphatic carbocycles. The Kier molecular flexibility index (Phi) is 5.42. The Hall–Kier alpha value is -2.20. The lowest BCUT2D eigenvalue weighted by molar-refractivity contribution is 0.0504. The van der Waals surface area contributed by atoms with Gasteiger partial charge in [0, 0.05) is 23.8 Å². The van der Waals surface area contributed by atoms with E-state index in [2.05, 4.69) is 28.4 Å². The van der Waals surface area contributed by atoms with Gasteiger partial charge < -0.3 is 15.0 Å². The van der Waals surface area contributed by atoms with Crippen LogP contribution < -0.4 is 10.2 Å². The lowest BCUT2D eigenvalue weighted by atomic mass is 9.97. The summed E-state index contributed by atoms with van der Waals surface area (Å²) in [6.45, 7) is 7.10. The number of ether oxygens (including phenoxy) is 1. The van der Waals surface area contributed by atoms with Crippen LogP contribution in [0.25, 0.3) is 0 Å². The van der Waals surface area contributed by atoms with E-state index in [4.69, 9.17) is 16.3 Å². The molecule has 1 unspecified atom stereocenters. The van der Waals surface area contributed by atoms with Crippen LogP contribution in [-0.4, -0.2) is 24.3 Å². The molecule has 4 nitrogen and oxygen atoms in total. The standard InChI is InChI=1S/C21H25ClN2O2/c1-21(2,3)26-20(25)23-18-12-16-11-17(22)9-10-19(16)24(14-18)13-15-7-5-4-6-8-15/h4-11,18H,12-14H2,1-3H3,(H,23,25). The second kappa shape index (κ2) is 7.58. The predicted molar refractivity (Wildman–Crippen MR) is 106 cm³/mol. The van der Waals surface area contributed by atoms with Gasteiger partial charge in [-0.05, 0) is 56.5 Å². The van der Waals surface area contributed by atoms with Crippen LogP contribution in [0, 0.1) is 0 Å². The summed E-state index contributed by atoms with van der Waals surface area (Å²) in [6, 6.07) is 16.2. The van der Waals surface area contributed by atoms with Crippen LogP contribution in [0.1, 0.15) is 31.9 Å². The van der Waals surface area contributed by atoms with Crippen molar-refractivity contribution in [3.8, 4) is 0 Å². The molecular formula is C21H25ClN2O2. The second-order valence-electron chi connectivity index (χ2n) is 7.69. The summed E-state index contributed by atoms with van der Waals surface area (Å²) in [5.41, 5.74) is 3.02. The number of rotatable bonds is 3. The number of benzene rings is 2. The van der Waals surface area contributed by atoms with Crippen LogP contribution in [0.3, 0.4) is 0 Å². The number of amides is 1. The van der Waals surface area contributed by atoms with Gasteiger partial charge in [-0.25, -0.2) is 4.79 Å². The number of hydrogen-bond donors (Lipinski definition) is 1. The molecule has 1 aliphatic heterocycles. The minimum atomic E-state index is -0.510. The second-order valence-corrected chi connectivity index (χ2v) is 8.12. The van der Waals surface area contributed by atoms with Gasteiger partial charge >= 0.3 is 6.09 Å². The first-order valence-electron chi connectivity index (χ1n) is 8.87. The molecular weight excluding hydrogens is 348 g/mol. The molecule has 0 spiro atoms. The number of alkyl carbamates (subject to hydrolysis) is 1. The normalized spacial score (nSPS) is 16.8. The Morgan fingerprint density at radius 2 is 1.96 bits per heavy atom. The third kappa shape index (κ3) is 4.92. The monoisotopic (exact) mass is 372 g/mol. The highest BCUT2D eigenvalue weighted by atomic mass is 35.5. The average molecular weight is 373 g/mol. The number of halogens is 1. The van der Waals surface area contributed by atoms with E-state index in [-0.39, 0.29) is 12.1 Å². The van der Waals surface area contributed by atoms with Gasteiger partial charge in [-0.2, -0.15) is 0 Å². The zero-order valence-electron chi connectivity index (χ0n) is 15.5. The molecule has 0 bridgehead atoms. The van der Waals surface area contributed by atoms with Crippen LogP contribution in [0.4, 0.5) is 10.5 Å². The van der Waals surface area contributed by atoms with Gasteiger partial charge in [0.15, 0.2) is 0 Å². The molecule has 1 atom stereocenters. The summed E-state index contributed by atoms with van der Waals surface area (Å²) in [4.78, 5) is 14.5. The van der Waals surface area contributed by atoms with Crippen molar-refractivity contribution in [2.75, 3.05) is 11.4 Å². The molecule has 0 saturated carbocycles. The summed E-state index contributed by atoms with van der Waals surface area (Å²) in [5.74, 6) is 0. The fourth-order valence-corrected chi connectivity index (χ4v) is 3.44. The van der Waals surface area contributed by atoms with Crippen LogP contribution in [0.15, 0.2) is 48.5 Å². The number of fused-ring (bicyclic) bond motifs is 1. The fourth-order valence-electron chi connectivity index (χ4n) is 3.24. The largest absolute Gasteiger partial charge is 0.444 e. The molecule has 1 heterocycles. The summed E-state index contributed by atoms with van der Waals surface area (Å²) in [5, 5.41) is 3.72. The molecule has 2 aromatic carbocycles. The minimum absolute atomic E-state index is 0.0282. The molecule has 0 saturated heterocycles. The lowest BCUT2D eigenvalue weighted by Gasteiger charge is -2.37. The minimum Gasteiger partial charge on any atom is -0.444 e. The van der Waals surface area contributed by atoms with E-state index in [0.717, 1.165) is 25.1 Å². The topological polar surface area (TPSA) is 41.6 Å². The van der Waals surface area contributed by atoms with E-state index < -0.39 is 5.60 Å². The van der Waals surface area contributed by atoms with Crippen LogP contribution in [0.2, 0.25) is 5.02 Å². The van der Waals surface area contributed by atoms with Gasteiger partial charge in [0.2, 0.25) is 0 Å². The molecule has 0 aromatic heterocycles. The molecule has 1 amide bonds. The number of nitrogens with zero attached hydrogens (tertiary/aromatic N) is 1. The Labute approximate surface area is 160 Å². The van der Waals surface area contributed by atoms with Crippen molar-refractivity contribution in [3.63, 3.8) is 0 Å². The molecule has 3 rings (SSSR count). The number of carbonyl (C=O) groups is 1. The molecule has 0 fully saturated rings. The van der Waals surface area contributed by atoms with Gasteiger partial charge in [0.25, 0.3) is 0 Å². The lowest BCUT2D eigenvalue weighted by Crippen LogP contribution is -2.49. The molecule has 5 heteroatoms. The summed E-state index contributed by atoms with van der Waals surface area (Å²) >= 11 is 6.19. The van der Waals surface area contributed by atoms with Crippen LogP contribution >= 0.6 is 11.6 Å². The van der Waals surface area contributed by atoms with E-state index >= 15 is 0 Å². The first-order chi connectivity index (χ1) is 12.3. The van der Waals surface area contributed by atoms with Crippen molar-refractivity contribution in [1.29, 1.82) is 0 Å². The van der Waals surface area contributed by atoms with Crippen molar-refractivity contribution in [3.05, 3.63) is 64.7 Å². The first-order valence-corrected chi connectivity index (χ1v) is 9.25. The van der Waals surface area contributed by atoms with Crippen LogP contribution in [-0.2, 0) is 17.7 Å². The van der Waals surface area contributed by atoms with Crippen molar-refractivity contribution >= 4 is 23.4 Å². The molecule has 1 N–H and O–H groups in total. The summed E-state index contributed by atoms with van der Waals surface area (Å²) in [7, 11) is 0. The van der Waals surface area contributed by atoms with Gasteiger partial charge in [-0.1, -0.05) is 41.9 Å². The Bertz CT molecular complexity index is 771. The zero-order valence-corrected chi connectivity index (χ0v) is 16.2. The zero-order chi connectivity index (χ0) is 18.7. The van der Waals surface area contributed by atoms with Gasteiger partial charge in [-0.15, -0.1) is 0 Å². The maximum Gasteiger partial charge on any atom is 0.407 e. The molecule has 1 aliphatic rings. The molecule has 138 valence electrons. The van der Waals surface area contributed by atoms with E-state index in [1.807, 2.05) is 51.1 Å². The molecule has 0 radical (unpaired) electrons. The molecule has 2 aromatic rings. The van der Waals surface area contributed by atoms with Crippen molar-refractivity contribution in [2.45, 2.75) is 45.4 Å². The van der Waals surface area contributed by atoms with Crippen molar-refractivity contribution in [2.24, 2.45) is 0 Å². The maximum atomic E-state index is 12.2. The van der Waals surface area contributed by atoms with Gasteiger partial charge in [0.05, 0.1) is 6.04 Å². The fraction of sp³-hybridized carbons (Fsp3) is 0.381. The van der Waals surface area contributed by atoms with Crippen molar-refractivity contribution < 1.29 is 9.53 Å². The number of anilines is 1. The van der Waals surface area contributed by atoms with E-state index in [1.54, 1.807) is 0 Å². The maximum absolute atomic E-state index is 12.2. The Morgan fingerprint density at radius 3 is 2.65 bits per heavy atom. The van der Waals surface area contributed by atoms with Gasteiger partial charge in [0.1, 0.15) is 5.60 Å². The molecule has 26 heavy (non-hydrogen) atoms. The van der Waals surface area contributed by atoms with Crippen LogP contribution in [0.5, 0.6) is 0 Å². The third-order valence-corrected chi connectivity index (χ3v) is 4.46. The highest BCUT2D eigenvalue weighted by Crippen LogP contribution is 2.31. The highest BCUT2D eigenvalue weighted by molar-refractivity contribution is 6.30. The average Bonchev–Trinajstić information content (AvgIpc) is 2.53. The Morgan fingerprint density at radius 1 is 1.23 bits per heavy atom. The smallest absolute Gasteiger partial charge is 0.407 e. The number of nitrogens with one attached hydrogen (secondary N) is 1. The quantitative estimate of drug-likeness (QED) is 0.841. The highest BCUT2D eigenvalue weighted by Gasteiger charge is 2.27. The SMILES string of the molecule is CC(C)(C)OC(=O)NC1Cc2cc(Cl)ccc2N(Cc2ccccc2)C1. The van der Waals surface area contributed by atoms with E-state index in [0.29, 0.717) is 5.02 Å². The summed E-state index contributed by atoms with van der Waals surface area (Å²) in [6.07, 6.45) is 0.355. The number of carbonyl (C=O) groups excluding carboxylic acids is 1. The van der Waals surface area contributed by atoms with Gasteiger partial charge in [-0.3, -0.25) is 0 Å². The Balaban J connectivity index is 1.79.